The second-order valence-corrected chi connectivity index (χ2v) is 11.9. The third-order valence-electron chi connectivity index (χ3n) is 5.49. The summed E-state index contributed by atoms with van der Waals surface area (Å²) in [6, 6.07) is 20.0. The SMILES string of the molecule is Cc1ccc(S(=O)(=O)N(CC(=O)NCCCSCc2ccc(Cl)cc2)c2ccc(C)cc2C)cc1. The Hall–Kier alpha value is -2.48. The third kappa shape index (κ3) is 7.75. The summed E-state index contributed by atoms with van der Waals surface area (Å²) in [6.07, 6.45) is 0.790. The van der Waals surface area contributed by atoms with E-state index in [1.54, 1.807) is 42.1 Å². The Kier molecular flexibility index (Phi) is 9.66. The van der Waals surface area contributed by atoms with Crippen LogP contribution in [0.15, 0.2) is 71.6 Å². The molecule has 0 saturated carbocycles. The van der Waals surface area contributed by atoms with Crippen LogP contribution in [0.2, 0.25) is 5.02 Å². The fourth-order valence-corrected chi connectivity index (χ4v) is 6.11. The lowest BCUT2D eigenvalue weighted by Gasteiger charge is -2.26. The van der Waals surface area contributed by atoms with Crippen LogP contribution < -0.4 is 9.62 Å². The number of nitrogens with zero attached hydrogens (tertiary/aromatic N) is 1. The van der Waals surface area contributed by atoms with Gasteiger partial charge in [-0.1, -0.05) is 59.1 Å². The number of benzene rings is 3. The number of aryl methyl sites for hydroxylation is 3. The van der Waals surface area contributed by atoms with E-state index >= 15 is 0 Å². The maximum absolute atomic E-state index is 13.5. The summed E-state index contributed by atoms with van der Waals surface area (Å²) >= 11 is 7.70. The highest BCUT2D eigenvalue weighted by atomic mass is 35.5. The van der Waals surface area contributed by atoms with Crippen molar-refractivity contribution < 1.29 is 13.2 Å². The highest BCUT2D eigenvalue weighted by molar-refractivity contribution is 7.98. The van der Waals surface area contributed by atoms with E-state index in [9.17, 15) is 13.2 Å². The topological polar surface area (TPSA) is 66.5 Å². The summed E-state index contributed by atoms with van der Waals surface area (Å²) in [7, 11) is -3.92. The molecule has 0 atom stereocenters. The maximum atomic E-state index is 13.5. The van der Waals surface area contributed by atoms with Crippen molar-refractivity contribution in [1.82, 2.24) is 5.32 Å². The minimum Gasteiger partial charge on any atom is -0.354 e. The molecule has 1 amide bonds. The van der Waals surface area contributed by atoms with Crippen molar-refractivity contribution in [3.63, 3.8) is 0 Å². The number of nitrogens with one attached hydrogen (secondary N) is 1. The normalized spacial score (nSPS) is 11.3. The molecule has 3 aromatic carbocycles. The standard InChI is InChI=1S/C27H31ClN2O3S2/c1-20-5-12-25(13-6-20)35(32,33)30(26-14-7-21(2)17-22(26)3)18-27(31)29-15-4-16-34-19-23-8-10-24(28)11-9-23/h5-14,17H,4,15-16,18-19H2,1-3H3,(H,29,31). The number of hydrogen-bond donors (Lipinski definition) is 1. The molecule has 8 heteroatoms. The maximum Gasteiger partial charge on any atom is 0.264 e. The zero-order chi connectivity index (χ0) is 25.4. The molecule has 0 spiro atoms. The predicted octanol–water partition coefficient (Wildman–Crippen LogP) is 5.90. The lowest BCUT2D eigenvalue weighted by Crippen LogP contribution is -2.41. The van der Waals surface area contributed by atoms with Crippen molar-refractivity contribution in [3.8, 4) is 0 Å². The minimum atomic E-state index is -3.92. The van der Waals surface area contributed by atoms with Crippen LogP contribution >= 0.6 is 23.4 Å². The molecule has 0 aliphatic rings. The molecule has 5 nitrogen and oxygen atoms in total. The predicted molar refractivity (Wildman–Crippen MR) is 147 cm³/mol. The number of anilines is 1. The molecule has 0 heterocycles. The minimum absolute atomic E-state index is 0.162. The van der Waals surface area contributed by atoms with Crippen molar-refractivity contribution in [2.45, 2.75) is 37.8 Å². The van der Waals surface area contributed by atoms with Crippen LogP contribution in [0.25, 0.3) is 0 Å². The van der Waals surface area contributed by atoms with Gasteiger partial charge in [0.05, 0.1) is 10.6 Å². The van der Waals surface area contributed by atoms with Crippen molar-refractivity contribution in [3.05, 3.63) is 94.0 Å². The Morgan fingerprint density at radius 2 is 1.60 bits per heavy atom. The monoisotopic (exact) mass is 530 g/mol. The van der Waals surface area contributed by atoms with Crippen molar-refractivity contribution >= 4 is 45.0 Å². The van der Waals surface area contributed by atoms with Gasteiger partial charge >= 0.3 is 0 Å². The Bertz CT molecular complexity index is 1240. The molecule has 0 aromatic heterocycles. The first kappa shape index (κ1) is 27.1. The molecule has 0 unspecified atom stereocenters. The number of thioether (sulfide) groups is 1. The third-order valence-corrected chi connectivity index (χ3v) is 8.63. The number of rotatable bonds is 11. The van der Waals surface area contributed by atoms with Crippen LogP contribution in [-0.2, 0) is 20.6 Å². The molecule has 0 bridgehead atoms. The number of carbonyl (C=O) groups excluding carboxylic acids is 1. The molecule has 0 saturated heterocycles. The fourth-order valence-electron chi connectivity index (χ4n) is 3.58. The number of carbonyl (C=O) groups is 1. The smallest absolute Gasteiger partial charge is 0.264 e. The molecule has 0 aliphatic carbocycles. The molecular weight excluding hydrogens is 500 g/mol. The van der Waals surface area contributed by atoms with E-state index in [-0.39, 0.29) is 17.3 Å². The molecule has 0 fully saturated rings. The van der Waals surface area contributed by atoms with Gasteiger partial charge in [0.1, 0.15) is 6.54 Å². The van der Waals surface area contributed by atoms with Crippen molar-refractivity contribution in [1.29, 1.82) is 0 Å². The first-order valence-corrected chi connectivity index (χ1v) is 14.4. The molecule has 35 heavy (non-hydrogen) atoms. The van der Waals surface area contributed by atoms with Gasteiger partial charge in [0.15, 0.2) is 0 Å². The van der Waals surface area contributed by atoms with Gasteiger partial charge in [0.2, 0.25) is 5.91 Å². The van der Waals surface area contributed by atoms with Crippen LogP contribution in [0, 0.1) is 20.8 Å². The van der Waals surface area contributed by atoms with Crippen LogP contribution in [0.5, 0.6) is 0 Å². The Morgan fingerprint density at radius 1 is 0.943 bits per heavy atom. The first-order chi connectivity index (χ1) is 16.7. The molecule has 0 aliphatic heterocycles. The number of sulfonamides is 1. The second kappa shape index (κ2) is 12.5. The number of amides is 1. The highest BCUT2D eigenvalue weighted by Crippen LogP contribution is 2.27. The quantitative estimate of drug-likeness (QED) is 0.313. The molecule has 3 rings (SSSR count). The van der Waals surface area contributed by atoms with Gasteiger partial charge in [-0.3, -0.25) is 9.10 Å². The van der Waals surface area contributed by atoms with Gasteiger partial charge in [0.25, 0.3) is 10.0 Å². The lowest BCUT2D eigenvalue weighted by molar-refractivity contribution is -0.119. The second-order valence-electron chi connectivity index (χ2n) is 8.50. The van der Waals surface area contributed by atoms with E-state index in [2.05, 4.69) is 5.32 Å². The Balaban J connectivity index is 1.62. The van der Waals surface area contributed by atoms with E-state index < -0.39 is 10.0 Å². The van der Waals surface area contributed by atoms with Crippen LogP contribution in [0.3, 0.4) is 0 Å². The van der Waals surface area contributed by atoms with Gasteiger partial charge in [-0.2, -0.15) is 11.8 Å². The van der Waals surface area contributed by atoms with Gasteiger partial charge in [-0.25, -0.2) is 8.42 Å². The first-order valence-electron chi connectivity index (χ1n) is 11.4. The van der Waals surface area contributed by atoms with Crippen LogP contribution in [0.4, 0.5) is 5.69 Å². The summed E-state index contributed by atoms with van der Waals surface area (Å²) in [5.74, 6) is 1.43. The molecular formula is C27H31ClN2O3S2. The van der Waals surface area contributed by atoms with Gasteiger partial charge in [0, 0.05) is 17.3 Å². The Morgan fingerprint density at radius 3 is 2.26 bits per heavy atom. The van der Waals surface area contributed by atoms with Gasteiger partial charge in [-0.05, 0) is 74.4 Å². The van der Waals surface area contributed by atoms with Crippen molar-refractivity contribution in [2.24, 2.45) is 0 Å². The van der Waals surface area contributed by atoms with Gasteiger partial charge < -0.3 is 5.32 Å². The molecule has 1 N–H and O–H groups in total. The highest BCUT2D eigenvalue weighted by Gasteiger charge is 2.28. The molecule has 186 valence electrons. The Labute approximate surface area is 217 Å². The van der Waals surface area contributed by atoms with Crippen LogP contribution in [0.1, 0.15) is 28.7 Å². The summed E-state index contributed by atoms with van der Waals surface area (Å²) in [5, 5.41) is 3.60. The average Bonchev–Trinajstić information content (AvgIpc) is 2.81. The van der Waals surface area contributed by atoms with E-state index in [0.717, 1.165) is 39.6 Å². The van der Waals surface area contributed by atoms with Crippen molar-refractivity contribution in [2.75, 3.05) is 23.1 Å². The summed E-state index contributed by atoms with van der Waals surface area (Å²) in [4.78, 5) is 12.9. The van der Waals surface area contributed by atoms with E-state index in [4.69, 9.17) is 11.6 Å². The van der Waals surface area contributed by atoms with E-state index in [0.29, 0.717) is 12.2 Å². The molecule has 3 aromatic rings. The number of halogens is 1. The van der Waals surface area contributed by atoms with E-state index in [1.165, 1.54) is 9.87 Å². The zero-order valence-corrected chi connectivity index (χ0v) is 22.6. The number of hydrogen-bond acceptors (Lipinski definition) is 4. The largest absolute Gasteiger partial charge is 0.354 e. The van der Waals surface area contributed by atoms with Crippen LogP contribution in [-0.4, -0.2) is 33.2 Å². The average molecular weight is 531 g/mol. The molecule has 0 radical (unpaired) electrons. The van der Waals surface area contributed by atoms with Gasteiger partial charge in [-0.15, -0.1) is 0 Å². The fraction of sp³-hybridized carbons (Fsp3) is 0.296. The van der Waals surface area contributed by atoms with E-state index in [1.807, 2.05) is 57.2 Å². The summed E-state index contributed by atoms with van der Waals surface area (Å²) in [6.45, 7) is 5.92. The lowest BCUT2D eigenvalue weighted by atomic mass is 10.1. The zero-order valence-electron chi connectivity index (χ0n) is 20.3. The summed E-state index contributed by atoms with van der Waals surface area (Å²) in [5.41, 5.74) is 4.50. The summed E-state index contributed by atoms with van der Waals surface area (Å²) < 4.78 is 28.2.